The summed E-state index contributed by atoms with van der Waals surface area (Å²) in [6, 6.07) is 6.65. The largest absolute Gasteiger partial charge is 0.481 e. The molecular formula is C16H20BrNOS. The molecule has 0 aromatic heterocycles. The number of nitrogens with one attached hydrogen (secondary N) is 1. The average molecular weight is 354 g/mol. The first-order valence-electron chi connectivity index (χ1n) is 6.85. The quantitative estimate of drug-likeness (QED) is 0.785. The normalized spacial score (nSPS) is 21.6. The summed E-state index contributed by atoms with van der Waals surface area (Å²) in [4.78, 5) is 0. The van der Waals surface area contributed by atoms with E-state index in [1.54, 1.807) is 0 Å². The molecule has 0 radical (unpaired) electrons. The molecule has 1 saturated carbocycles. The van der Waals surface area contributed by atoms with Crippen LogP contribution in [0.25, 0.3) is 0 Å². The van der Waals surface area contributed by atoms with Gasteiger partial charge in [-0.05, 0) is 37.3 Å². The first-order valence-corrected chi connectivity index (χ1v) is 8.93. The Morgan fingerprint density at radius 3 is 3.10 bits per heavy atom. The van der Waals surface area contributed by atoms with Gasteiger partial charge in [-0.25, -0.2) is 0 Å². The molecule has 1 aliphatic rings. The monoisotopic (exact) mass is 353 g/mol. The summed E-state index contributed by atoms with van der Waals surface area (Å²) in [5, 5.41) is 4.40. The molecule has 1 fully saturated rings. The van der Waals surface area contributed by atoms with Crippen molar-refractivity contribution in [3.8, 4) is 18.1 Å². The van der Waals surface area contributed by atoms with E-state index in [4.69, 9.17) is 11.2 Å². The molecule has 1 N–H and O–H groups in total. The number of rotatable bonds is 6. The Labute approximate surface area is 134 Å². The minimum atomic E-state index is 0.311. The van der Waals surface area contributed by atoms with E-state index in [1.807, 2.05) is 23.9 Å². The van der Waals surface area contributed by atoms with Crippen molar-refractivity contribution in [3.63, 3.8) is 0 Å². The highest BCUT2D eigenvalue weighted by atomic mass is 79.9. The first-order chi connectivity index (χ1) is 9.74. The van der Waals surface area contributed by atoms with Crippen LogP contribution in [0.5, 0.6) is 5.75 Å². The van der Waals surface area contributed by atoms with E-state index in [-0.39, 0.29) is 0 Å². The fraction of sp³-hybridized carbons (Fsp3) is 0.500. The molecule has 0 aliphatic heterocycles. The van der Waals surface area contributed by atoms with E-state index in [9.17, 15) is 0 Å². The zero-order chi connectivity index (χ0) is 14.4. The lowest BCUT2D eigenvalue weighted by atomic mass is 10.1. The van der Waals surface area contributed by atoms with Gasteiger partial charge in [-0.3, -0.25) is 0 Å². The highest BCUT2D eigenvalue weighted by Crippen LogP contribution is 2.29. The fourth-order valence-electron chi connectivity index (χ4n) is 2.63. The molecule has 0 amide bonds. The molecule has 2 rings (SSSR count). The van der Waals surface area contributed by atoms with Gasteiger partial charge in [0.1, 0.15) is 12.4 Å². The van der Waals surface area contributed by atoms with Crippen LogP contribution in [-0.2, 0) is 6.54 Å². The molecule has 1 aromatic carbocycles. The summed E-state index contributed by atoms with van der Waals surface area (Å²) < 4.78 is 6.67. The van der Waals surface area contributed by atoms with Crippen molar-refractivity contribution in [1.29, 1.82) is 0 Å². The SMILES string of the molecule is C#CCOc1ccc(Br)cc1CNC1CCCC1SC. The maximum Gasteiger partial charge on any atom is 0.148 e. The Morgan fingerprint density at radius 1 is 1.50 bits per heavy atom. The standard InChI is InChI=1S/C16H20BrNOS/c1-3-9-19-15-8-7-13(17)10-12(15)11-18-14-5-4-6-16(14)20-2/h1,7-8,10,14,16,18H,4-6,9,11H2,2H3. The van der Waals surface area contributed by atoms with Gasteiger partial charge in [0.15, 0.2) is 0 Å². The van der Waals surface area contributed by atoms with Gasteiger partial charge >= 0.3 is 0 Å². The Kier molecular flexibility index (Phi) is 6.28. The van der Waals surface area contributed by atoms with Crippen molar-refractivity contribution in [1.82, 2.24) is 5.32 Å². The number of terminal acetylenes is 1. The highest BCUT2D eigenvalue weighted by molar-refractivity contribution is 9.10. The lowest BCUT2D eigenvalue weighted by molar-refractivity contribution is 0.363. The van der Waals surface area contributed by atoms with Crippen molar-refractivity contribution in [2.24, 2.45) is 0 Å². The van der Waals surface area contributed by atoms with E-state index < -0.39 is 0 Å². The molecule has 0 heterocycles. The molecule has 4 heteroatoms. The second kappa shape index (κ2) is 7.97. The van der Waals surface area contributed by atoms with Gasteiger partial charge in [0, 0.05) is 27.9 Å². The van der Waals surface area contributed by atoms with Crippen LogP contribution in [0, 0.1) is 12.3 Å². The van der Waals surface area contributed by atoms with Crippen LogP contribution in [0.2, 0.25) is 0 Å². The van der Waals surface area contributed by atoms with Gasteiger partial charge in [0.2, 0.25) is 0 Å². The van der Waals surface area contributed by atoms with Gasteiger partial charge in [0.25, 0.3) is 0 Å². The molecule has 2 unspecified atom stereocenters. The van der Waals surface area contributed by atoms with Crippen LogP contribution in [-0.4, -0.2) is 24.2 Å². The summed E-state index contributed by atoms with van der Waals surface area (Å²) in [6.07, 6.45) is 11.4. The number of halogens is 1. The smallest absolute Gasteiger partial charge is 0.148 e. The van der Waals surface area contributed by atoms with Crippen LogP contribution in [0.4, 0.5) is 0 Å². The molecule has 2 atom stereocenters. The Hall–Kier alpha value is -0.630. The lowest BCUT2D eigenvalue weighted by Gasteiger charge is -2.20. The Bertz CT molecular complexity index is 486. The molecule has 2 nitrogen and oxygen atoms in total. The third-order valence-corrected chi connectivity index (χ3v) is 5.31. The number of benzene rings is 1. The van der Waals surface area contributed by atoms with Crippen molar-refractivity contribution >= 4 is 27.7 Å². The third-order valence-electron chi connectivity index (χ3n) is 3.64. The van der Waals surface area contributed by atoms with E-state index in [0.29, 0.717) is 12.6 Å². The predicted molar refractivity (Wildman–Crippen MR) is 90.3 cm³/mol. The zero-order valence-corrected chi connectivity index (χ0v) is 14.1. The Balaban J connectivity index is 2.00. The summed E-state index contributed by atoms with van der Waals surface area (Å²) >= 11 is 5.48. The van der Waals surface area contributed by atoms with E-state index >= 15 is 0 Å². The number of hydrogen-bond donors (Lipinski definition) is 1. The number of hydrogen-bond acceptors (Lipinski definition) is 3. The molecule has 1 aromatic rings. The molecule has 0 bridgehead atoms. The maximum atomic E-state index is 5.61. The lowest BCUT2D eigenvalue weighted by Crippen LogP contribution is -2.33. The van der Waals surface area contributed by atoms with Crippen molar-refractivity contribution in [3.05, 3.63) is 28.2 Å². The van der Waals surface area contributed by atoms with Crippen LogP contribution in [0.1, 0.15) is 24.8 Å². The van der Waals surface area contributed by atoms with Gasteiger partial charge in [0.05, 0.1) is 0 Å². The topological polar surface area (TPSA) is 21.3 Å². The Morgan fingerprint density at radius 2 is 2.35 bits per heavy atom. The second-order valence-electron chi connectivity index (χ2n) is 4.94. The van der Waals surface area contributed by atoms with E-state index in [0.717, 1.165) is 27.6 Å². The molecule has 108 valence electrons. The molecule has 1 aliphatic carbocycles. The van der Waals surface area contributed by atoms with E-state index in [2.05, 4.69) is 39.5 Å². The van der Waals surface area contributed by atoms with Crippen molar-refractivity contribution in [2.75, 3.05) is 12.9 Å². The second-order valence-corrected chi connectivity index (χ2v) is 6.93. The van der Waals surface area contributed by atoms with Gasteiger partial charge in [-0.1, -0.05) is 28.3 Å². The summed E-state index contributed by atoms with van der Waals surface area (Å²) in [5.41, 5.74) is 1.15. The van der Waals surface area contributed by atoms with Gasteiger partial charge < -0.3 is 10.1 Å². The van der Waals surface area contributed by atoms with Gasteiger partial charge in [-0.15, -0.1) is 6.42 Å². The third kappa shape index (κ3) is 4.18. The van der Waals surface area contributed by atoms with Crippen LogP contribution in [0.15, 0.2) is 22.7 Å². The maximum absolute atomic E-state index is 5.61. The average Bonchev–Trinajstić information content (AvgIpc) is 2.91. The highest BCUT2D eigenvalue weighted by Gasteiger charge is 2.25. The summed E-state index contributed by atoms with van der Waals surface area (Å²) in [6.45, 7) is 1.13. The van der Waals surface area contributed by atoms with Crippen molar-refractivity contribution < 1.29 is 4.74 Å². The van der Waals surface area contributed by atoms with Crippen LogP contribution in [0.3, 0.4) is 0 Å². The number of ether oxygens (including phenoxy) is 1. The minimum Gasteiger partial charge on any atom is -0.481 e. The first kappa shape index (κ1) is 15.8. The summed E-state index contributed by atoms with van der Waals surface area (Å²) in [7, 11) is 0. The van der Waals surface area contributed by atoms with Crippen LogP contribution >= 0.6 is 27.7 Å². The molecule has 0 saturated heterocycles. The molecule has 0 spiro atoms. The minimum absolute atomic E-state index is 0.311. The van der Waals surface area contributed by atoms with Crippen LogP contribution < -0.4 is 10.1 Å². The number of thioether (sulfide) groups is 1. The van der Waals surface area contributed by atoms with E-state index in [1.165, 1.54) is 19.3 Å². The fourth-order valence-corrected chi connectivity index (χ4v) is 4.00. The predicted octanol–water partition coefficient (Wildman–Crippen LogP) is 3.83. The molecule has 20 heavy (non-hydrogen) atoms. The summed E-state index contributed by atoms with van der Waals surface area (Å²) in [5.74, 6) is 3.39. The molecular weight excluding hydrogens is 334 g/mol. The van der Waals surface area contributed by atoms with Crippen molar-refractivity contribution in [2.45, 2.75) is 37.1 Å². The van der Waals surface area contributed by atoms with Gasteiger partial charge in [-0.2, -0.15) is 11.8 Å². The zero-order valence-electron chi connectivity index (χ0n) is 11.7.